The molecule has 0 radical (unpaired) electrons. The van der Waals surface area contributed by atoms with Gasteiger partial charge in [-0.3, -0.25) is 14.2 Å². The number of carbonyl (C=O) groups is 1. The van der Waals surface area contributed by atoms with E-state index in [0.29, 0.717) is 37.8 Å². The summed E-state index contributed by atoms with van der Waals surface area (Å²) >= 11 is 0. The van der Waals surface area contributed by atoms with Crippen molar-refractivity contribution in [3.05, 3.63) is 35.4 Å². The van der Waals surface area contributed by atoms with Crippen molar-refractivity contribution in [2.45, 2.75) is 42.8 Å². The van der Waals surface area contributed by atoms with Gasteiger partial charge in [-0.25, -0.2) is 18.4 Å². The molecule has 2 aromatic rings. The zero-order valence-corrected chi connectivity index (χ0v) is 16.0. The Bertz CT molecular complexity index is 999. The van der Waals surface area contributed by atoms with Gasteiger partial charge >= 0.3 is 5.97 Å². The normalized spacial score (nSPS) is 22.1. The lowest BCUT2D eigenvalue weighted by Gasteiger charge is -2.33. The summed E-state index contributed by atoms with van der Waals surface area (Å²) in [5.74, 6) is -0.411. The van der Waals surface area contributed by atoms with Gasteiger partial charge in [-0.15, -0.1) is 0 Å². The molecule has 2 aromatic heterocycles. The van der Waals surface area contributed by atoms with Crippen LogP contribution in [0.25, 0.3) is 0 Å². The number of nitrogens with one attached hydrogen (secondary N) is 1. The van der Waals surface area contributed by atoms with E-state index in [9.17, 15) is 13.2 Å². The number of sulfonamides is 1. The molecule has 27 heavy (non-hydrogen) atoms. The molecule has 2 heterocycles. The molecular formula is C17H21N5O4S. The molecule has 0 amide bonds. The number of aromatic nitrogens is 4. The number of hydrogen-bond donors (Lipinski definition) is 1. The standard InChI is InChI=1S/C17H21N5O4S/c1-22-10-11-9-17(15(23)26-2,7-5-13(11)20-22)14-6-8-18-16(19-14)21-27(24,25)12-3-4-12/h6,8,10,12H,3-5,7,9H2,1-2H3,(H,18,19,21). The number of ether oxygens (including phenoxy) is 1. The van der Waals surface area contributed by atoms with Crippen molar-refractivity contribution < 1.29 is 17.9 Å². The van der Waals surface area contributed by atoms with E-state index in [0.717, 1.165) is 11.3 Å². The smallest absolute Gasteiger partial charge is 0.318 e. The Hall–Kier alpha value is -2.49. The Morgan fingerprint density at radius 1 is 1.41 bits per heavy atom. The quantitative estimate of drug-likeness (QED) is 0.746. The minimum Gasteiger partial charge on any atom is -0.468 e. The summed E-state index contributed by atoms with van der Waals surface area (Å²) in [5, 5.41) is 4.05. The molecule has 1 N–H and O–H groups in total. The largest absolute Gasteiger partial charge is 0.468 e. The molecule has 0 bridgehead atoms. The van der Waals surface area contributed by atoms with Crippen molar-refractivity contribution in [1.82, 2.24) is 19.7 Å². The lowest BCUT2D eigenvalue weighted by molar-refractivity contribution is -0.148. The van der Waals surface area contributed by atoms with Crippen molar-refractivity contribution in [2.24, 2.45) is 7.05 Å². The highest BCUT2D eigenvalue weighted by Crippen LogP contribution is 2.39. The fourth-order valence-electron chi connectivity index (χ4n) is 3.64. The number of hydrogen-bond acceptors (Lipinski definition) is 7. The molecule has 0 aliphatic heterocycles. The molecule has 2 aliphatic carbocycles. The van der Waals surface area contributed by atoms with Crippen LogP contribution in [-0.4, -0.2) is 46.5 Å². The molecule has 9 nitrogen and oxygen atoms in total. The summed E-state index contributed by atoms with van der Waals surface area (Å²) in [5.41, 5.74) is 1.38. The third kappa shape index (κ3) is 3.18. The molecule has 0 spiro atoms. The average molecular weight is 391 g/mol. The van der Waals surface area contributed by atoms with E-state index in [1.807, 2.05) is 13.2 Å². The number of nitrogens with zero attached hydrogens (tertiary/aromatic N) is 4. The van der Waals surface area contributed by atoms with E-state index in [2.05, 4.69) is 19.8 Å². The van der Waals surface area contributed by atoms with Crippen LogP contribution in [0.3, 0.4) is 0 Å². The highest BCUT2D eigenvalue weighted by molar-refractivity contribution is 7.93. The molecule has 144 valence electrons. The van der Waals surface area contributed by atoms with Gasteiger partial charge in [-0.05, 0) is 43.7 Å². The van der Waals surface area contributed by atoms with Crippen LogP contribution in [0.5, 0.6) is 0 Å². The van der Waals surface area contributed by atoms with Gasteiger partial charge in [0.15, 0.2) is 0 Å². The number of carbonyl (C=O) groups excluding carboxylic acids is 1. The van der Waals surface area contributed by atoms with E-state index in [-0.39, 0.29) is 11.2 Å². The second-order valence-electron chi connectivity index (χ2n) is 7.14. The molecule has 1 atom stereocenters. The van der Waals surface area contributed by atoms with Crippen LogP contribution in [0.1, 0.15) is 36.2 Å². The fourth-order valence-corrected chi connectivity index (χ4v) is 4.92. The van der Waals surface area contributed by atoms with Crippen LogP contribution in [0.2, 0.25) is 0 Å². The van der Waals surface area contributed by atoms with Crippen LogP contribution < -0.4 is 4.72 Å². The maximum atomic E-state index is 12.8. The van der Waals surface area contributed by atoms with Crippen LogP contribution in [0, 0.1) is 0 Å². The van der Waals surface area contributed by atoms with E-state index in [1.54, 1.807) is 10.7 Å². The van der Waals surface area contributed by atoms with E-state index < -0.39 is 21.4 Å². The van der Waals surface area contributed by atoms with Crippen LogP contribution >= 0.6 is 0 Å². The predicted octanol–water partition coefficient (Wildman–Crippen LogP) is 0.714. The highest BCUT2D eigenvalue weighted by Gasteiger charge is 2.46. The van der Waals surface area contributed by atoms with E-state index in [1.165, 1.54) is 13.3 Å². The fraction of sp³-hybridized carbons (Fsp3) is 0.529. The number of fused-ring (bicyclic) bond motifs is 1. The molecule has 1 saturated carbocycles. The second-order valence-corrected chi connectivity index (χ2v) is 9.10. The average Bonchev–Trinajstić information content (AvgIpc) is 3.43. The van der Waals surface area contributed by atoms with Gasteiger partial charge in [0.05, 0.1) is 23.7 Å². The molecule has 4 rings (SSSR count). The van der Waals surface area contributed by atoms with Gasteiger partial charge in [-0.1, -0.05) is 0 Å². The number of aryl methyl sites for hydroxylation is 2. The van der Waals surface area contributed by atoms with Crippen LogP contribution in [0.15, 0.2) is 18.5 Å². The van der Waals surface area contributed by atoms with Gasteiger partial charge in [0.25, 0.3) is 0 Å². The lowest BCUT2D eigenvalue weighted by Crippen LogP contribution is -2.43. The summed E-state index contributed by atoms with van der Waals surface area (Å²) in [6.45, 7) is 0. The zero-order valence-electron chi connectivity index (χ0n) is 15.2. The SMILES string of the molecule is COC(=O)C1(c2ccnc(NS(=O)(=O)C3CC3)n2)CCc2nn(C)cc2C1. The first-order valence-corrected chi connectivity index (χ1v) is 10.3. The third-order valence-corrected chi connectivity index (χ3v) is 7.01. The molecule has 1 unspecified atom stereocenters. The first-order chi connectivity index (χ1) is 12.8. The maximum absolute atomic E-state index is 12.8. The Kier molecular flexibility index (Phi) is 4.17. The van der Waals surface area contributed by atoms with Crippen molar-refractivity contribution in [3.8, 4) is 0 Å². The summed E-state index contributed by atoms with van der Waals surface area (Å²) in [6.07, 6.45) is 6.14. The Morgan fingerprint density at radius 2 is 2.19 bits per heavy atom. The first kappa shape index (κ1) is 17.9. The predicted molar refractivity (Wildman–Crippen MR) is 96.5 cm³/mol. The van der Waals surface area contributed by atoms with E-state index >= 15 is 0 Å². The van der Waals surface area contributed by atoms with Crippen molar-refractivity contribution in [1.29, 1.82) is 0 Å². The number of methoxy groups -OCH3 is 1. The summed E-state index contributed by atoms with van der Waals surface area (Å²) in [6, 6.07) is 1.65. The minimum atomic E-state index is -3.48. The summed E-state index contributed by atoms with van der Waals surface area (Å²) in [4.78, 5) is 21.2. The molecule has 2 aliphatic rings. The van der Waals surface area contributed by atoms with Gasteiger partial charge in [0.1, 0.15) is 5.41 Å². The van der Waals surface area contributed by atoms with Gasteiger partial charge in [-0.2, -0.15) is 5.10 Å². The second kappa shape index (κ2) is 6.29. The number of esters is 1. The van der Waals surface area contributed by atoms with Gasteiger partial charge < -0.3 is 4.74 Å². The molecular weight excluding hydrogens is 370 g/mol. The van der Waals surface area contributed by atoms with Crippen molar-refractivity contribution >= 4 is 21.9 Å². The zero-order chi connectivity index (χ0) is 19.2. The Labute approximate surface area is 157 Å². The van der Waals surface area contributed by atoms with Crippen molar-refractivity contribution in [2.75, 3.05) is 11.8 Å². The van der Waals surface area contributed by atoms with Gasteiger partial charge in [0, 0.05) is 19.4 Å². The molecule has 1 fully saturated rings. The topological polar surface area (TPSA) is 116 Å². The summed E-state index contributed by atoms with van der Waals surface area (Å²) < 4.78 is 33.6. The Balaban J connectivity index is 1.71. The van der Waals surface area contributed by atoms with E-state index in [4.69, 9.17) is 4.74 Å². The minimum absolute atomic E-state index is 0.0142. The van der Waals surface area contributed by atoms with Crippen LogP contribution in [-0.2, 0) is 44.9 Å². The maximum Gasteiger partial charge on any atom is 0.318 e. The lowest BCUT2D eigenvalue weighted by atomic mass is 9.71. The van der Waals surface area contributed by atoms with Crippen LogP contribution in [0.4, 0.5) is 5.95 Å². The first-order valence-electron chi connectivity index (χ1n) is 8.79. The molecule has 10 heteroatoms. The monoisotopic (exact) mass is 391 g/mol. The van der Waals surface area contributed by atoms with Gasteiger partial charge in [0.2, 0.25) is 16.0 Å². The highest BCUT2D eigenvalue weighted by atomic mass is 32.2. The van der Waals surface area contributed by atoms with Crippen molar-refractivity contribution in [3.63, 3.8) is 0 Å². The third-order valence-electron chi connectivity index (χ3n) is 5.19. The number of anilines is 1. The Morgan fingerprint density at radius 3 is 2.89 bits per heavy atom. The molecule has 0 saturated heterocycles. The molecule has 0 aromatic carbocycles. The summed E-state index contributed by atoms with van der Waals surface area (Å²) in [7, 11) is -0.294. The number of rotatable bonds is 5.